The van der Waals surface area contributed by atoms with Crippen LogP contribution >= 0.6 is 0 Å². The number of carbonyl (C=O) groups excluding carboxylic acids is 2. The third-order valence-corrected chi connectivity index (χ3v) is 5.44. The third-order valence-electron chi connectivity index (χ3n) is 5.44. The molecular formula is C21H30O3. The first-order chi connectivity index (χ1) is 11.2. The molecule has 0 bridgehead atoms. The van der Waals surface area contributed by atoms with Gasteiger partial charge in [-0.15, -0.1) is 0 Å². The Morgan fingerprint density at radius 1 is 1.29 bits per heavy atom. The molecule has 0 radical (unpaired) electrons. The second-order valence-electron chi connectivity index (χ2n) is 8.26. The van der Waals surface area contributed by atoms with Gasteiger partial charge in [0.25, 0.3) is 0 Å². The molecule has 0 N–H and O–H groups in total. The summed E-state index contributed by atoms with van der Waals surface area (Å²) in [6.07, 6.45) is 3.68. The van der Waals surface area contributed by atoms with Crippen LogP contribution in [0.15, 0.2) is 24.3 Å². The van der Waals surface area contributed by atoms with Crippen molar-refractivity contribution in [3.05, 3.63) is 35.4 Å². The number of carbonyl (C=O) groups is 2. The normalized spacial score (nSPS) is 23.1. The highest BCUT2D eigenvalue weighted by molar-refractivity contribution is 5.90. The van der Waals surface area contributed by atoms with E-state index in [-0.39, 0.29) is 17.3 Å². The maximum Gasteiger partial charge on any atom is 0.337 e. The molecule has 132 valence electrons. The summed E-state index contributed by atoms with van der Waals surface area (Å²) in [4.78, 5) is 24.7. The largest absolute Gasteiger partial charge is 0.465 e. The zero-order chi connectivity index (χ0) is 17.9. The van der Waals surface area contributed by atoms with Gasteiger partial charge in [0.2, 0.25) is 0 Å². The first kappa shape index (κ1) is 18.7. The summed E-state index contributed by atoms with van der Waals surface area (Å²) < 4.78 is 4.76. The highest BCUT2D eigenvalue weighted by Crippen LogP contribution is 2.45. The lowest BCUT2D eigenvalue weighted by atomic mass is 9.62. The van der Waals surface area contributed by atoms with Crippen LogP contribution in [0.4, 0.5) is 0 Å². The van der Waals surface area contributed by atoms with Crippen LogP contribution in [0.1, 0.15) is 62.9 Å². The standard InChI is InChI=1S/C21H30O3/c1-14(2)17-9-10-21(3,4)13-18(17)19(22)12-15-7-6-8-16(11-15)20(23)24-5/h6-8,11,14,17-18H,9-10,12-13H2,1-5H3. The fourth-order valence-electron chi connectivity index (χ4n) is 4.02. The zero-order valence-electron chi connectivity index (χ0n) is 15.6. The van der Waals surface area contributed by atoms with Gasteiger partial charge < -0.3 is 4.74 Å². The maximum atomic E-state index is 13.0. The Balaban J connectivity index is 2.16. The molecular weight excluding hydrogens is 300 g/mol. The fourth-order valence-corrected chi connectivity index (χ4v) is 4.02. The summed E-state index contributed by atoms with van der Waals surface area (Å²) in [6.45, 7) is 8.98. The SMILES string of the molecule is COC(=O)c1cccc(CC(=O)C2CC(C)(C)CCC2C(C)C)c1. The van der Waals surface area contributed by atoms with Crippen LogP contribution in [0.5, 0.6) is 0 Å². The van der Waals surface area contributed by atoms with E-state index in [0.29, 0.717) is 29.6 Å². The fraction of sp³-hybridized carbons (Fsp3) is 0.619. The van der Waals surface area contributed by atoms with Crippen molar-refractivity contribution in [2.24, 2.45) is 23.2 Å². The minimum Gasteiger partial charge on any atom is -0.465 e. The monoisotopic (exact) mass is 330 g/mol. The van der Waals surface area contributed by atoms with Crippen LogP contribution < -0.4 is 0 Å². The second kappa shape index (κ2) is 7.50. The Bertz CT molecular complexity index is 601. The lowest BCUT2D eigenvalue weighted by Crippen LogP contribution is -2.37. The third kappa shape index (κ3) is 4.46. The number of benzene rings is 1. The molecule has 0 spiro atoms. The lowest BCUT2D eigenvalue weighted by molar-refractivity contribution is -0.127. The van der Waals surface area contributed by atoms with Gasteiger partial charge in [-0.1, -0.05) is 39.8 Å². The van der Waals surface area contributed by atoms with Gasteiger partial charge in [-0.2, -0.15) is 0 Å². The zero-order valence-corrected chi connectivity index (χ0v) is 15.6. The summed E-state index contributed by atoms with van der Waals surface area (Å²) >= 11 is 0. The van der Waals surface area contributed by atoms with E-state index in [0.717, 1.165) is 18.4 Å². The number of methoxy groups -OCH3 is 1. The molecule has 1 fully saturated rings. The minimum absolute atomic E-state index is 0.121. The van der Waals surface area contributed by atoms with Gasteiger partial charge in [0.15, 0.2) is 0 Å². The topological polar surface area (TPSA) is 43.4 Å². The Morgan fingerprint density at radius 3 is 2.62 bits per heavy atom. The highest BCUT2D eigenvalue weighted by atomic mass is 16.5. The first-order valence-corrected chi connectivity index (χ1v) is 8.93. The summed E-state index contributed by atoms with van der Waals surface area (Å²) in [5.41, 5.74) is 1.64. The van der Waals surface area contributed by atoms with E-state index in [1.807, 2.05) is 12.1 Å². The molecule has 1 aromatic rings. The number of rotatable bonds is 5. The van der Waals surface area contributed by atoms with Gasteiger partial charge >= 0.3 is 5.97 Å². The molecule has 0 saturated heterocycles. The summed E-state index contributed by atoms with van der Waals surface area (Å²) in [6, 6.07) is 7.24. The van der Waals surface area contributed by atoms with Crippen molar-refractivity contribution >= 4 is 11.8 Å². The van der Waals surface area contributed by atoms with Crippen molar-refractivity contribution in [1.82, 2.24) is 0 Å². The molecule has 1 aliphatic rings. The number of hydrogen-bond acceptors (Lipinski definition) is 3. The average Bonchev–Trinajstić information content (AvgIpc) is 2.53. The van der Waals surface area contributed by atoms with Crippen LogP contribution in [-0.4, -0.2) is 18.9 Å². The van der Waals surface area contributed by atoms with Crippen molar-refractivity contribution in [2.75, 3.05) is 7.11 Å². The Kier molecular flexibility index (Phi) is 5.84. The molecule has 1 saturated carbocycles. The number of ether oxygens (including phenoxy) is 1. The molecule has 24 heavy (non-hydrogen) atoms. The van der Waals surface area contributed by atoms with Gasteiger partial charge in [-0.25, -0.2) is 4.79 Å². The van der Waals surface area contributed by atoms with E-state index in [1.54, 1.807) is 12.1 Å². The number of hydrogen-bond donors (Lipinski definition) is 0. The number of Topliss-reactive ketones (excluding diaryl/α,β-unsaturated/α-hetero) is 1. The highest BCUT2D eigenvalue weighted by Gasteiger charge is 2.39. The molecule has 3 nitrogen and oxygen atoms in total. The summed E-state index contributed by atoms with van der Waals surface area (Å²) in [7, 11) is 1.37. The molecule has 2 atom stereocenters. The van der Waals surface area contributed by atoms with Crippen molar-refractivity contribution in [3.63, 3.8) is 0 Å². The maximum absolute atomic E-state index is 13.0. The van der Waals surface area contributed by atoms with E-state index in [2.05, 4.69) is 27.7 Å². The Morgan fingerprint density at radius 2 is 2.00 bits per heavy atom. The van der Waals surface area contributed by atoms with Gasteiger partial charge in [0.1, 0.15) is 5.78 Å². The van der Waals surface area contributed by atoms with Crippen LogP contribution in [0.3, 0.4) is 0 Å². The molecule has 1 aliphatic carbocycles. The molecule has 0 aromatic heterocycles. The van der Waals surface area contributed by atoms with E-state index < -0.39 is 0 Å². The van der Waals surface area contributed by atoms with Crippen LogP contribution in [0.25, 0.3) is 0 Å². The van der Waals surface area contributed by atoms with E-state index >= 15 is 0 Å². The van der Waals surface area contributed by atoms with E-state index in [4.69, 9.17) is 4.74 Å². The van der Waals surface area contributed by atoms with Gasteiger partial charge in [-0.05, 0) is 54.2 Å². The van der Waals surface area contributed by atoms with Crippen molar-refractivity contribution in [2.45, 2.75) is 53.4 Å². The Labute approximate surface area is 145 Å². The molecule has 2 rings (SSSR count). The predicted molar refractivity (Wildman–Crippen MR) is 95.9 cm³/mol. The van der Waals surface area contributed by atoms with E-state index in [1.165, 1.54) is 13.5 Å². The summed E-state index contributed by atoms with van der Waals surface area (Å²) in [5.74, 6) is 1.06. The average molecular weight is 330 g/mol. The van der Waals surface area contributed by atoms with Crippen molar-refractivity contribution in [1.29, 1.82) is 0 Å². The van der Waals surface area contributed by atoms with Gasteiger partial charge in [0.05, 0.1) is 12.7 Å². The van der Waals surface area contributed by atoms with Gasteiger partial charge in [-0.3, -0.25) is 4.79 Å². The van der Waals surface area contributed by atoms with Crippen molar-refractivity contribution < 1.29 is 14.3 Å². The lowest BCUT2D eigenvalue weighted by Gasteiger charge is -2.42. The quantitative estimate of drug-likeness (QED) is 0.736. The molecule has 3 heteroatoms. The Hall–Kier alpha value is -1.64. The van der Waals surface area contributed by atoms with E-state index in [9.17, 15) is 9.59 Å². The van der Waals surface area contributed by atoms with Crippen molar-refractivity contribution in [3.8, 4) is 0 Å². The van der Waals surface area contributed by atoms with Gasteiger partial charge in [0, 0.05) is 12.3 Å². The summed E-state index contributed by atoms with van der Waals surface area (Å²) in [5, 5.41) is 0. The predicted octanol–water partition coefficient (Wildman–Crippen LogP) is 4.68. The second-order valence-corrected chi connectivity index (χ2v) is 8.26. The molecule has 1 aromatic carbocycles. The molecule has 0 heterocycles. The smallest absolute Gasteiger partial charge is 0.337 e. The molecule has 0 amide bonds. The molecule has 0 aliphatic heterocycles. The number of ketones is 1. The van der Waals surface area contributed by atoms with Crippen LogP contribution in [0.2, 0.25) is 0 Å². The number of esters is 1. The first-order valence-electron chi connectivity index (χ1n) is 8.93. The van der Waals surface area contributed by atoms with Crippen LogP contribution in [0, 0.1) is 23.2 Å². The van der Waals surface area contributed by atoms with Crippen LogP contribution in [-0.2, 0) is 16.0 Å². The molecule has 2 unspecified atom stereocenters. The minimum atomic E-state index is -0.358.